The molecule has 166 valence electrons. The Labute approximate surface area is 191 Å². The molecule has 1 saturated heterocycles. The molecule has 32 heavy (non-hydrogen) atoms. The number of nitrogens with zero attached hydrogens (tertiary/aromatic N) is 1. The number of amides is 1. The zero-order valence-electron chi connectivity index (χ0n) is 18.6. The molecule has 4 rings (SSSR count). The summed E-state index contributed by atoms with van der Waals surface area (Å²) in [6, 6.07) is 28.3. The second-order valence-corrected chi connectivity index (χ2v) is 8.89. The number of primary amides is 1. The lowest BCUT2D eigenvalue weighted by molar-refractivity contribution is -0.123. The van der Waals surface area contributed by atoms with Gasteiger partial charge in [-0.2, -0.15) is 0 Å². The van der Waals surface area contributed by atoms with E-state index in [2.05, 4.69) is 17.0 Å². The molecule has 4 nitrogen and oxygen atoms in total. The van der Waals surface area contributed by atoms with Crippen LogP contribution in [0.4, 0.5) is 5.69 Å². The van der Waals surface area contributed by atoms with Crippen molar-refractivity contribution < 1.29 is 4.79 Å². The number of benzene rings is 3. The third kappa shape index (κ3) is 4.56. The molecule has 4 heteroatoms. The number of hydrogen-bond acceptors (Lipinski definition) is 3. The number of likely N-dealkylation sites (tertiary alicyclic amines) is 1. The Balaban J connectivity index is 1.46. The van der Waals surface area contributed by atoms with Gasteiger partial charge in [0, 0.05) is 12.2 Å². The van der Waals surface area contributed by atoms with E-state index in [4.69, 9.17) is 11.5 Å². The summed E-state index contributed by atoms with van der Waals surface area (Å²) in [4.78, 5) is 15.6. The zero-order chi connectivity index (χ0) is 22.4. The SMILES string of the molecule is NC(=O)C(c1ccccc1)(c1ccccc1)[C@@H]1CCN(CCCCc2ccc(N)cc2)C1. The Hall–Kier alpha value is -3.11. The van der Waals surface area contributed by atoms with Crippen LogP contribution < -0.4 is 11.5 Å². The molecular weight excluding hydrogens is 394 g/mol. The monoisotopic (exact) mass is 427 g/mol. The molecule has 0 spiro atoms. The van der Waals surface area contributed by atoms with Crippen molar-refractivity contribution in [2.45, 2.75) is 31.1 Å². The largest absolute Gasteiger partial charge is 0.399 e. The van der Waals surface area contributed by atoms with Gasteiger partial charge in [0.2, 0.25) is 5.91 Å². The molecule has 0 aromatic heterocycles. The average Bonchev–Trinajstić information content (AvgIpc) is 3.29. The molecule has 1 atom stereocenters. The van der Waals surface area contributed by atoms with Gasteiger partial charge in [0.15, 0.2) is 0 Å². The molecule has 3 aromatic carbocycles. The Morgan fingerprint density at radius 2 is 1.47 bits per heavy atom. The van der Waals surface area contributed by atoms with E-state index in [1.807, 2.05) is 72.8 Å². The minimum Gasteiger partial charge on any atom is -0.399 e. The van der Waals surface area contributed by atoms with Gasteiger partial charge in [-0.25, -0.2) is 0 Å². The van der Waals surface area contributed by atoms with Crippen molar-refractivity contribution in [1.82, 2.24) is 4.90 Å². The molecule has 0 bridgehead atoms. The summed E-state index contributed by atoms with van der Waals surface area (Å²) in [5.41, 5.74) is 15.3. The number of carbonyl (C=O) groups excluding carboxylic acids is 1. The van der Waals surface area contributed by atoms with Crippen molar-refractivity contribution in [2.24, 2.45) is 11.7 Å². The van der Waals surface area contributed by atoms with Gasteiger partial charge in [-0.15, -0.1) is 0 Å². The molecule has 1 aliphatic heterocycles. The highest BCUT2D eigenvalue weighted by molar-refractivity contribution is 5.91. The van der Waals surface area contributed by atoms with Gasteiger partial charge < -0.3 is 16.4 Å². The molecule has 0 unspecified atom stereocenters. The highest BCUT2D eigenvalue weighted by Crippen LogP contribution is 2.43. The van der Waals surface area contributed by atoms with E-state index in [0.29, 0.717) is 0 Å². The molecule has 0 aliphatic carbocycles. The first-order valence-corrected chi connectivity index (χ1v) is 11.6. The van der Waals surface area contributed by atoms with Crippen molar-refractivity contribution in [3.8, 4) is 0 Å². The maximum atomic E-state index is 13.2. The van der Waals surface area contributed by atoms with E-state index in [1.54, 1.807) is 0 Å². The number of rotatable bonds is 9. The van der Waals surface area contributed by atoms with Crippen LogP contribution in [0.1, 0.15) is 36.0 Å². The van der Waals surface area contributed by atoms with Crippen LogP contribution in [0.3, 0.4) is 0 Å². The van der Waals surface area contributed by atoms with Crippen molar-refractivity contribution in [3.63, 3.8) is 0 Å². The van der Waals surface area contributed by atoms with Crippen LogP contribution in [-0.2, 0) is 16.6 Å². The fourth-order valence-electron chi connectivity index (χ4n) is 5.26. The number of hydrogen-bond donors (Lipinski definition) is 2. The van der Waals surface area contributed by atoms with Crippen LogP contribution in [0, 0.1) is 5.92 Å². The summed E-state index contributed by atoms with van der Waals surface area (Å²) in [7, 11) is 0. The third-order valence-corrected chi connectivity index (χ3v) is 6.90. The predicted octanol–water partition coefficient (Wildman–Crippen LogP) is 4.39. The lowest BCUT2D eigenvalue weighted by Crippen LogP contribution is -2.49. The van der Waals surface area contributed by atoms with E-state index in [0.717, 1.165) is 62.1 Å². The topological polar surface area (TPSA) is 72.4 Å². The summed E-state index contributed by atoms with van der Waals surface area (Å²) < 4.78 is 0. The molecule has 1 amide bonds. The summed E-state index contributed by atoms with van der Waals surface area (Å²) in [6.45, 7) is 2.93. The fraction of sp³-hybridized carbons (Fsp3) is 0.321. The molecule has 1 aliphatic rings. The minimum atomic E-state index is -0.804. The van der Waals surface area contributed by atoms with Gasteiger partial charge in [0.25, 0.3) is 0 Å². The van der Waals surface area contributed by atoms with Gasteiger partial charge >= 0.3 is 0 Å². The predicted molar refractivity (Wildman–Crippen MR) is 131 cm³/mol. The van der Waals surface area contributed by atoms with E-state index < -0.39 is 5.41 Å². The second-order valence-electron chi connectivity index (χ2n) is 8.89. The average molecular weight is 428 g/mol. The quantitative estimate of drug-likeness (QED) is 0.393. The summed E-state index contributed by atoms with van der Waals surface area (Å²) in [5.74, 6) is -0.105. The van der Waals surface area contributed by atoms with Crippen LogP contribution in [0.2, 0.25) is 0 Å². The number of anilines is 1. The van der Waals surface area contributed by atoms with Crippen LogP contribution in [0.5, 0.6) is 0 Å². The molecular formula is C28H33N3O. The number of aryl methyl sites for hydroxylation is 1. The summed E-state index contributed by atoms with van der Waals surface area (Å²) in [5, 5.41) is 0. The molecule has 0 saturated carbocycles. The van der Waals surface area contributed by atoms with Crippen molar-refractivity contribution in [2.75, 3.05) is 25.4 Å². The lowest BCUT2D eigenvalue weighted by atomic mass is 9.64. The van der Waals surface area contributed by atoms with E-state index >= 15 is 0 Å². The van der Waals surface area contributed by atoms with Crippen molar-refractivity contribution >= 4 is 11.6 Å². The first kappa shape index (κ1) is 22.1. The van der Waals surface area contributed by atoms with Crippen molar-refractivity contribution in [3.05, 3.63) is 102 Å². The van der Waals surface area contributed by atoms with Gasteiger partial charge in [-0.1, -0.05) is 72.8 Å². The van der Waals surface area contributed by atoms with Crippen LogP contribution >= 0.6 is 0 Å². The van der Waals surface area contributed by atoms with E-state index in [-0.39, 0.29) is 11.8 Å². The zero-order valence-corrected chi connectivity index (χ0v) is 18.6. The summed E-state index contributed by atoms with van der Waals surface area (Å²) >= 11 is 0. The molecule has 1 heterocycles. The molecule has 0 radical (unpaired) electrons. The van der Waals surface area contributed by atoms with Crippen LogP contribution in [0.15, 0.2) is 84.9 Å². The van der Waals surface area contributed by atoms with Gasteiger partial charge in [-0.05, 0) is 73.5 Å². The highest BCUT2D eigenvalue weighted by atomic mass is 16.1. The van der Waals surface area contributed by atoms with Gasteiger partial charge in [0.1, 0.15) is 5.41 Å². The van der Waals surface area contributed by atoms with E-state index in [9.17, 15) is 4.79 Å². The molecule has 4 N–H and O–H groups in total. The summed E-state index contributed by atoms with van der Waals surface area (Å²) in [6.07, 6.45) is 4.31. The molecule has 3 aromatic rings. The lowest BCUT2D eigenvalue weighted by Gasteiger charge is -2.37. The maximum Gasteiger partial charge on any atom is 0.232 e. The van der Waals surface area contributed by atoms with Crippen LogP contribution in [0.25, 0.3) is 0 Å². The van der Waals surface area contributed by atoms with Crippen LogP contribution in [-0.4, -0.2) is 30.4 Å². The van der Waals surface area contributed by atoms with Gasteiger partial charge in [-0.3, -0.25) is 4.79 Å². The highest BCUT2D eigenvalue weighted by Gasteiger charge is 2.49. The van der Waals surface area contributed by atoms with Gasteiger partial charge in [0.05, 0.1) is 0 Å². The Morgan fingerprint density at radius 3 is 2.03 bits per heavy atom. The fourth-order valence-corrected chi connectivity index (χ4v) is 5.26. The second kappa shape index (κ2) is 10.0. The first-order chi connectivity index (χ1) is 15.6. The maximum absolute atomic E-state index is 13.2. The Bertz CT molecular complexity index is 962. The minimum absolute atomic E-state index is 0.155. The standard InChI is InChI=1S/C28H33N3O/c29-26-16-14-22(15-17-26)9-7-8-19-31-20-18-25(21-31)28(27(30)32,23-10-3-1-4-11-23)24-12-5-2-6-13-24/h1-6,10-17,25H,7-9,18-21,29H2,(H2,30,32)/t25-/m1/s1. The third-order valence-electron chi connectivity index (χ3n) is 6.90. The van der Waals surface area contributed by atoms with Crippen molar-refractivity contribution in [1.29, 1.82) is 0 Å². The Kier molecular flexibility index (Phi) is 6.91. The molecule has 1 fully saturated rings. The van der Waals surface area contributed by atoms with E-state index in [1.165, 1.54) is 5.56 Å². The number of nitrogen functional groups attached to an aromatic ring is 1. The number of unbranched alkanes of at least 4 members (excludes halogenated alkanes) is 1. The number of carbonyl (C=O) groups is 1. The smallest absolute Gasteiger partial charge is 0.232 e. The first-order valence-electron chi connectivity index (χ1n) is 11.6. The number of nitrogens with two attached hydrogens (primary N) is 2. The Morgan fingerprint density at radius 1 is 0.875 bits per heavy atom. The normalized spacial score (nSPS) is 16.8.